The monoisotopic (exact) mass is 173 g/mol. The highest BCUT2D eigenvalue weighted by molar-refractivity contribution is 5.84. The summed E-state index contributed by atoms with van der Waals surface area (Å²) in [6.07, 6.45) is 2.96. The topological polar surface area (TPSA) is 25.2 Å². The summed E-state index contributed by atoms with van der Waals surface area (Å²) in [6.45, 7) is 2.01. The molecule has 2 heteroatoms. The molecule has 0 radical (unpaired) electrons. The van der Waals surface area contributed by atoms with Crippen molar-refractivity contribution in [1.29, 1.82) is 0 Å². The lowest BCUT2D eigenvalue weighted by Gasteiger charge is -1.99. The smallest absolute Gasteiger partial charge is 0.134 e. The molecule has 0 aliphatic carbocycles. The van der Waals surface area contributed by atoms with Crippen LogP contribution in [0.1, 0.15) is 11.1 Å². The summed E-state index contributed by atoms with van der Waals surface area (Å²) in [5.74, 6) is 0. The van der Waals surface area contributed by atoms with Crippen LogP contribution in [0.15, 0.2) is 28.9 Å². The van der Waals surface area contributed by atoms with Gasteiger partial charge >= 0.3 is 0 Å². The first kappa shape index (κ1) is 7.15. The summed E-state index contributed by atoms with van der Waals surface area (Å²) < 4.78 is 5.49. The van der Waals surface area contributed by atoms with Crippen molar-refractivity contribution in [2.24, 2.45) is 0 Å². The van der Waals surface area contributed by atoms with Crippen LogP contribution in [-0.2, 0) is 13.0 Å². The van der Waals surface area contributed by atoms with Gasteiger partial charge in [0.05, 0.1) is 6.26 Å². The summed E-state index contributed by atoms with van der Waals surface area (Å²) >= 11 is 0. The highest BCUT2D eigenvalue weighted by Crippen LogP contribution is 2.26. The minimum Gasteiger partial charge on any atom is -0.464 e. The van der Waals surface area contributed by atoms with Crippen molar-refractivity contribution in [3.05, 3.63) is 35.6 Å². The molecule has 1 aromatic heterocycles. The number of rotatable bonds is 0. The molecular formula is C11H11NO. The van der Waals surface area contributed by atoms with Crippen molar-refractivity contribution in [1.82, 2.24) is 5.32 Å². The molecule has 0 atom stereocenters. The van der Waals surface area contributed by atoms with Crippen molar-refractivity contribution in [3.8, 4) is 0 Å². The van der Waals surface area contributed by atoms with E-state index in [1.165, 1.54) is 16.5 Å². The predicted octanol–water partition coefficient (Wildman–Crippen LogP) is 2.08. The highest BCUT2D eigenvalue weighted by atomic mass is 16.3. The first-order valence-corrected chi connectivity index (χ1v) is 4.64. The van der Waals surface area contributed by atoms with Crippen molar-refractivity contribution < 1.29 is 4.42 Å². The average molecular weight is 173 g/mol. The van der Waals surface area contributed by atoms with Crippen molar-refractivity contribution in [3.63, 3.8) is 0 Å². The minimum absolute atomic E-state index is 0.962. The molecule has 0 spiro atoms. The molecule has 0 fully saturated rings. The van der Waals surface area contributed by atoms with E-state index in [1.807, 2.05) is 12.3 Å². The van der Waals surface area contributed by atoms with Crippen LogP contribution in [0.3, 0.4) is 0 Å². The van der Waals surface area contributed by atoms with E-state index >= 15 is 0 Å². The van der Waals surface area contributed by atoms with Gasteiger partial charge in [-0.2, -0.15) is 0 Å². The van der Waals surface area contributed by atoms with E-state index in [2.05, 4.69) is 17.4 Å². The molecule has 2 aromatic rings. The van der Waals surface area contributed by atoms with Crippen LogP contribution < -0.4 is 5.32 Å². The summed E-state index contributed by atoms with van der Waals surface area (Å²) in [4.78, 5) is 0. The Labute approximate surface area is 76.5 Å². The largest absolute Gasteiger partial charge is 0.464 e. The van der Waals surface area contributed by atoms with E-state index in [9.17, 15) is 0 Å². The molecule has 2 heterocycles. The summed E-state index contributed by atoms with van der Waals surface area (Å²) in [5, 5.41) is 4.72. The van der Waals surface area contributed by atoms with Gasteiger partial charge in [0.25, 0.3) is 0 Å². The van der Waals surface area contributed by atoms with Gasteiger partial charge in [0.1, 0.15) is 5.58 Å². The van der Waals surface area contributed by atoms with Gasteiger partial charge in [0.15, 0.2) is 0 Å². The maximum atomic E-state index is 5.49. The zero-order valence-corrected chi connectivity index (χ0v) is 7.34. The maximum absolute atomic E-state index is 5.49. The second kappa shape index (κ2) is 2.60. The van der Waals surface area contributed by atoms with Crippen LogP contribution >= 0.6 is 0 Å². The van der Waals surface area contributed by atoms with Crippen molar-refractivity contribution >= 4 is 11.0 Å². The first-order chi connectivity index (χ1) is 6.45. The van der Waals surface area contributed by atoms with Crippen molar-refractivity contribution in [2.45, 2.75) is 13.0 Å². The van der Waals surface area contributed by atoms with Gasteiger partial charge in [-0.15, -0.1) is 0 Å². The van der Waals surface area contributed by atoms with E-state index in [0.717, 1.165) is 25.1 Å². The molecule has 0 bridgehead atoms. The minimum atomic E-state index is 0.962. The van der Waals surface area contributed by atoms with Crippen molar-refractivity contribution in [2.75, 3.05) is 6.54 Å². The Morgan fingerprint density at radius 3 is 3.23 bits per heavy atom. The zero-order chi connectivity index (χ0) is 8.67. The van der Waals surface area contributed by atoms with Gasteiger partial charge in [-0.05, 0) is 30.2 Å². The number of nitrogens with one attached hydrogen (secondary N) is 1. The quantitative estimate of drug-likeness (QED) is 0.659. The fraction of sp³-hybridized carbons (Fsp3) is 0.273. The van der Waals surface area contributed by atoms with E-state index in [4.69, 9.17) is 4.42 Å². The van der Waals surface area contributed by atoms with Gasteiger partial charge in [-0.3, -0.25) is 0 Å². The van der Waals surface area contributed by atoms with Gasteiger partial charge < -0.3 is 9.73 Å². The van der Waals surface area contributed by atoms with Crippen LogP contribution in [0, 0.1) is 0 Å². The fourth-order valence-corrected chi connectivity index (χ4v) is 2.01. The SMILES string of the molecule is c1cc2c3c(coc3c1)CCNC2. The lowest BCUT2D eigenvalue weighted by Crippen LogP contribution is -2.13. The Morgan fingerprint density at radius 1 is 1.23 bits per heavy atom. The van der Waals surface area contributed by atoms with Gasteiger partial charge in [-0.1, -0.05) is 12.1 Å². The summed E-state index contributed by atoms with van der Waals surface area (Å²) in [5.41, 5.74) is 3.73. The predicted molar refractivity (Wildman–Crippen MR) is 51.6 cm³/mol. The molecule has 1 aromatic carbocycles. The zero-order valence-electron chi connectivity index (χ0n) is 7.34. The third-order valence-corrected chi connectivity index (χ3v) is 2.65. The maximum Gasteiger partial charge on any atom is 0.134 e. The summed E-state index contributed by atoms with van der Waals surface area (Å²) in [6, 6.07) is 6.26. The Balaban J connectivity index is 2.40. The standard InChI is InChI=1S/C11H11NO/c1-2-8-6-12-5-4-9-7-13-10(3-1)11(8)9/h1-3,7,12H,4-6H2. The normalized spacial score (nSPS) is 16.0. The number of benzene rings is 1. The number of hydrogen-bond acceptors (Lipinski definition) is 2. The van der Waals surface area contributed by atoms with Crippen LogP contribution in [-0.4, -0.2) is 6.54 Å². The van der Waals surface area contributed by atoms with Crippen LogP contribution in [0.4, 0.5) is 0 Å². The Kier molecular flexibility index (Phi) is 1.43. The number of hydrogen-bond donors (Lipinski definition) is 1. The average Bonchev–Trinajstić information content (AvgIpc) is 2.44. The molecule has 0 saturated heterocycles. The van der Waals surface area contributed by atoms with Gasteiger partial charge in [-0.25, -0.2) is 0 Å². The van der Waals surface area contributed by atoms with E-state index in [-0.39, 0.29) is 0 Å². The van der Waals surface area contributed by atoms with E-state index in [1.54, 1.807) is 0 Å². The van der Waals surface area contributed by atoms with Gasteiger partial charge in [0.2, 0.25) is 0 Å². The molecule has 1 aliphatic rings. The Hall–Kier alpha value is -1.28. The second-order valence-electron chi connectivity index (χ2n) is 3.48. The molecule has 0 amide bonds. The van der Waals surface area contributed by atoms with Crippen LogP contribution in [0.25, 0.3) is 11.0 Å². The second-order valence-corrected chi connectivity index (χ2v) is 3.48. The molecule has 1 N–H and O–H groups in total. The highest BCUT2D eigenvalue weighted by Gasteiger charge is 2.12. The molecular weight excluding hydrogens is 162 g/mol. The third-order valence-electron chi connectivity index (χ3n) is 2.65. The molecule has 0 saturated carbocycles. The third kappa shape index (κ3) is 0.988. The molecule has 2 nitrogen and oxygen atoms in total. The fourth-order valence-electron chi connectivity index (χ4n) is 2.01. The van der Waals surface area contributed by atoms with E-state index in [0.29, 0.717) is 0 Å². The number of furan rings is 1. The first-order valence-electron chi connectivity index (χ1n) is 4.64. The molecule has 0 unspecified atom stereocenters. The Bertz CT molecular complexity index is 444. The summed E-state index contributed by atoms with van der Waals surface area (Å²) in [7, 11) is 0. The lowest BCUT2D eigenvalue weighted by atomic mass is 10.1. The molecule has 1 aliphatic heterocycles. The van der Waals surface area contributed by atoms with Crippen LogP contribution in [0.2, 0.25) is 0 Å². The Morgan fingerprint density at radius 2 is 2.23 bits per heavy atom. The van der Waals surface area contributed by atoms with Gasteiger partial charge in [0, 0.05) is 11.9 Å². The molecule has 3 rings (SSSR count). The van der Waals surface area contributed by atoms with Crippen LogP contribution in [0.5, 0.6) is 0 Å². The lowest BCUT2D eigenvalue weighted by molar-refractivity contribution is 0.604. The molecule has 66 valence electrons. The van der Waals surface area contributed by atoms with E-state index < -0.39 is 0 Å². The molecule has 13 heavy (non-hydrogen) atoms.